The van der Waals surface area contributed by atoms with Crippen molar-refractivity contribution in [2.75, 3.05) is 6.54 Å². The molecule has 0 aliphatic carbocycles. The third kappa shape index (κ3) is 2.04. The number of rotatable bonds is 3. The average Bonchev–Trinajstić information content (AvgIpc) is 2.37. The molecule has 58 valence electrons. The number of aromatic nitrogens is 2. The van der Waals surface area contributed by atoms with Crippen LogP contribution in [0.5, 0.6) is 0 Å². The molecule has 3 nitrogen and oxygen atoms in total. The van der Waals surface area contributed by atoms with Crippen LogP contribution in [0.1, 0.15) is 5.82 Å². The highest BCUT2D eigenvalue weighted by atomic mass is 15.0. The normalized spacial score (nSPS) is 10.6. The summed E-state index contributed by atoms with van der Waals surface area (Å²) in [6.45, 7) is 4.21. The van der Waals surface area contributed by atoms with Crippen molar-refractivity contribution >= 4 is 6.21 Å². The van der Waals surface area contributed by atoms with Crippen molar-refractivity contribution in [2.45, 2.75) is 0 Å². The maximum atomic E-state index is 4.07. The van der Waals surface area contributed by atoms with E-state index in [-0.39, 0.29) is 0 Å². The van der Waals surface area contributed by atoms with Crippen molar-refractivity contribution in [1.29, 1.82) is 0 Å². The molecule has 0 saturated heterocycles. The van der Waals surface area contributed by atoms with Gasteiger partial charge in [-0.25, -0.2) is 4.98 Å². The fourth-order valence-corrected chi connectivity index (χ4v) is 0.710. The predicted octanol–water partition coefficient (Wildman–Crippen LogP) is 1.02. The van der Waals surface area contributed by atoms with Gasteiger partial charge in [0.2, 0.25) is 0 Å². The minimum absolute atomic E-state index is 0.646. The van der Waals surface area contributed by atoms with E-state index >= 15 is 0 Å². The van der Waals surface area contributed by atoms with Gasteiger partial charge >= 0.3 is 0 Å². The van der Waals surface area contributed by atoms with Crippen LogP contribution in [0.25, 0.3) is 0 Å². The summed E-state index contributed by atoms with van der Waals surface area (Å²) in [5.74, 6) is 0.867. The lowest BCUT2D eigenvalue weighted by Gasteiger charge is -1.91. The molecule has 1 aromatic heterocycles. The molecule has 1 heterocycles. The molecule has 0 aliphatic heterocycles. The standard InChI is InChI=1S/C8H11N3/c1-3-4-9-7-8-10-5-6-11(8)2/h3,5-7H,1,4H2,2H3. The summed E-state index contributed by atoms with van der Waals surface area (Å²) >= 11 is 0. The van der Waals surface area contributed by atoms with Crippen LogP contribution in [0.4, 0.5) is 0 Å². The first-order valence-electron chi connectivity index (χ1n) is 3.42. The first kappa shape index (κ1) is 7.72. The fourth-order valence-electron chi connectivity index (χ4n) is 0.710. The first-order chi connectivity index (χ1) is 5.34. The zero-order chi connectivity index (χ0) is 8.10. The third-order valence-corrected chi connectivity index (χ3v) is 1.30. The van der Waals surface area contributed by atoms with Crippen LogP contribution in [0.2, 0.25) is 0 Å². The van der Waals surface area contributed by atoms with Crippen LogP contribution >= 0.6 is 0 Å². The lowest BCUT2D eigenvalue weighted by molar-refractivity contribution is 0.900. The minimum atomic E-state index is 0.646. The lowest BCUT2D eigenvalue weighted by atomic mass is 10.6. The largest absolute Gasteiger partial charge is 0.333 e. The van der Waals surface area contributed by atoms with Gasteiger partial charge in [0, 0.05) is 19.4 Å². The second-order valence-electron chi connectivity index (χ2n) is 2.18. The highest BCUT2D eigenvalue weighted by Gasteiger charge is 1.90. The Balaban J connectivity index is 2.63. The summed E-state index contributed by atoms with van der Waals surface area (Å²) in [7, 11) is 1.93. The van der Waals surface area contributed by atoms with E-state index in [9.17, 15) is 0 Å². The van der Waals surface area contributed by atoms with Crippen LogP contribution < -0.4 is 0 Å². The van der Waals surface area contributed by atoms with Crippen LogP contribution in [0.15, 0.2) is 30.0 Å². The van der Waals surface area contributed by atoms with Gasteiger partial charge in [0.1, 0.15) is 5.82 Å². The van der Waals surface area contributed by atoms with Crippen molar-refractivity contribution in [3.8, 4) is 0 Å². The van der Waals surface area contributed by atoms with Crippen LogP contribution in [-0.2, 0) is 7.05 Å². The summed E-state index contributed by atoms with van der Waals surface area (Å²) in [4.78, 5) is 8.13. The minimum Gasteiger partial charge on any atom is -0.333 e. The Morgan fingerprint density at radius 2 is 2.64 bits per heavy atom. The Morgan fingerprint density at radius 3 is 3.18 bits per heavy atom. The third-order valence-electron chi connectivity index (χ3n) is 1.30. The molecule has 0 radical (unpaired) electrons. The number of nitrogens with zero attached hydrogens (tertiary/aromatic N) is 3. The van der Waals surface area contributed by atoms with Crippen molar-refractivity contribution < 1.29 is 0 Å². The van der Waals surface area contributed by atoms with E-state index in [1.54, 1.807) is 18.5 Å². The van der Waals surface area contributed by atoms with Gasteiger partial charge in [-0.3, -0.25) is 4.99 Å². The molecule has 0 amide bonds. The van der Waals surface area contributed by atoms with Gasteiger partial charge in [-0.15, -0.1) is 6.58 Å². The van der Waals surface area contributed by atoms with Gasteiger partial charge in [0.25, 0.3) is 0 Å². The van der Waals surface area contributed by atoms with Gasteiger partial charge in [0.15, 0.2) is 0 Å². The SMILES string of the molecule is C=CCN=Cc1nccn1C. The van der Waals surface area contributed by atoms with Crippen molar-refractivity contribution in [2.24, 2.45) is 12.0 Å². The maximum Gasteiger partial charge on any atom is 0.150 e. The highest BCUT2D eigenvalue weighted by molar-refractivity contribution is 5.74. The predicted molar refractivity (Wildman–Crippen MR) is 45.9 cm³/mol. The summed E-state index contributed by atoms with van der Waals surface area (Å²) < 4.78 is 1.91. The molecule has 0 N–H and O–H groups in total. The topological polar surface area (TPSA) is 30.2 Å². The maximum absolute atomic E-state index is 4.07. The fraction of sp³-hybridized carbons (Fsp3) is 0.250. The lowest BCUT2D eigenvalue weighted by Crippen LogP contribution is -1.95. The zero-order valence-electron chi connectivity index (χ0n) is 6.57. The summed E-state index contributed by atoms with van der Waals surface area (Å²) in [6.07, 6.45) is 7.12. The van der Waals surface area contributed by atoms with E-state index in [4.69, 9.17) is 0 Å². The molecule has 0 aromatic carbocycles. The molecule has 3 heteroatoms. The molecule has 0 bridgehead atoms. The van der Waals surface area contributed by atoms with E-state index in [0.29, 0.717) is 6.54 Å². The van der Waals surface area contributed by atoms with Crippen LogP contribution in [0.3, 0.4) is 0 Å². The second-order valence-corrected chi connectivity index (χ2v) is 2.18. The van der Waals surface area contributed by atoms with E-state index in [1.807, 2.05) is 17.8 Å². The monoisotopic (exact) mass is 149 g/mol. The Morgan fingerprint density at radius 1 is 1.82 bits per heavy atom. The van der Waals surface area contributed by atoms with Crippen molar-refractivity contribution in [3.05, 3.63) is 30.9 Å². The Bertz CT molecular complexity index is 260. The second kappa shape index (κ2) is 3.71. The molecule has 1 rings (SSSR count). The number of aryl methyl sites for hydroxylation is 1. The van der Waals surface area contributed by atoms with Crippen LogP contribution in [0, 0.1) is 0 Å². The summed E-state index contributed by atoms with van der Waals surface area (Å²) in [6, 6.07) is 0. The van der Waals surface area contributed by atoms with Crippen molar-refractivity contribution in [3.63, 3.8) is 0 Å². The van der Waals surface area contributed by atoms with Gasteiger partial charge in [-0.05, 0) is 0 Å². The molecule has 0 saturated carbocycles. The first-order valence-corrected chi connectivity index (χ1v) is 3.42. The van der Waals surface area contributed by atoms with Crippen LogP contribution in [-0.4, -0.2) is 22.3 Å². The van der Waals surface area contributed by atoms with Gasteiger partial charge < -0.3 is 4.57 Å². The summed E-state index contributed by atoms with van der Waals surface area (Å²) in [5.41, 5.74) is 0. The quantitative estimate of drug-likeness (QED) is 0.466. The Labute approximate surface area is 66.1 Å². The molecular weight excluding hydrogens is 138 g/mol. The Kier molecular flexibility index (Phi) is 2.60. The van der Waals surface area contributed by atoms with Gasteiger partial charge in [0.05, 0.1) is 12.8 Å². The van der Waals surface area contributed by atoms with E-state index in [1.165, 1.54) is 0 Å². The Hall–Kier alpha value is -1.38. The smallest absolute Gasteiger partial charge is 0.150 e. The number of aliphatic imine (C=N–C) groups is 1. The zero-order valence-corrected chi connectivity index (χ0v) is 6.57. The highest BCUT2D eigenvalue weighted by Crippen LogP contribution is 1.88. The molecule has 0 atom stereocenters. The molecule has 0 unspecified atom stereocenters. The number of hydrogen-bond donors (Lipinski definition) is 0. The van der Waals surface area contributed by atoms with Gasteiger partial charge in [-0.1, -0.05) is 6.08 Å². The molecule has 0 aliphatic rings. The van der Waals surface area contributed by atoms with E-state index in [0.717, 1.165) is 5.82 Å². The van der Waals surface area contributed by atoms with E-state index in [2.05, 4.69) is 16.6 Å². The number of hydrogen-bond acceptors (Lipinski definition) is 2. The molecule has 0 fully saturated rings. The molecule has 0 spiro atoms. The van der Waals surface area contributed by atoms with E-state index < -0.39 is 0 Å². The summed E-state index contributed by atoms with van der Waals surface area (Å²) in [5, 5.41) is 0. The van der Waals surface area contributed by atoms with Gasteiger partial charge in [-0.2, -0.15) is 0 Å². The molecule has 11 heavy (non-hydrogen) atoms. The molecular formula is C8H11N3. The molecule has 1 aromatic rings. The average molecular weight is 149 g/mol. The number of imidazole rings is 1. The van der Waals surface area contributed by atoms with Crippen molar-refractivity contribution in [1.82, 2.24) is 9.55 Å².